The van der Waals surface area contributed by atoms with Gasteiger partial charge in [0.15, 0.2) is 18.2 Å². The second-order valence-corrected chi connectivity index (χ2v) is 6.44. The van der Waals surface area contributed by atoms with Crippen molar-refractivity contribution in [2.75, 3.05) is 11.9 Å². The molecule has 1 aromatic heterocycles. The first kappa shape index (κ1) is 20.2. The fraction of sp³-hybridized carbons (Fsp3) is 0.190. The number of ether oxygens (including phenoxy) is 1. The number of esters is 1. The van der Waals surface area contributed by atoms with Gasteiger partial charge < -0.3 is 10.1 Å². The van der Waals surface area contributed by atoms with E-state index in [4.69, 9.17) is 4.74 Å². The molecule has 3 aromatic rings. The predicted molar refractivity (Wildman–Crippen MR) is 103 cm³/mol. The molecule has 2 aromatic carbocycles. The maximum atomic E-state index is 13.2. The summed E-state index contributed by atoms with van der Waals surface area (Å²) < 4.78 is 32.9. The van der Waals surface area contributed by atoms with Crippen molar-refractivity contribution in [3.05, 3.63) is 82.7 Å². The van der Waals surface area contributed by atoms with Crippen LogP contribution in [0.25, 0.3) is 0 Å². The molecule has 1 N–H and O–H groups in total. The van der Waals surface area contributed by atoms with E-state index in [1.54, 1.807) is 18.5 Å². The Morgan fingerprint density at radius 2 is 1.79 bits per heavy atom. The zero-order chi connectivity index (χ0) is 21.0. The predicted octanol–water partition coefficient (Wildman–Crippen LogP) is 3.62. The van der Waals surface area contributed by atoms with Crippen LogP contribution in [-0.2, 0) is 16.1 Å². The summed E-state index contributed by atoms with van der Waals surface area (Å²) in [7, 11) is 0. The maximum Gasteiger partial charge on any atom is 0.342 e. The maximum absolute atomic E-state index is 13.2. The smallest absolute Gasteiger partial charge is 0.342 e. The first-order chi connectivity index (χ1) is 13.8. The van der Waals surface area contributed by atoms with Crippen LogP contribution in [0, 0.1) is 25.5 Å². The number of nitrogens with one attached hydrogen (secondary N) is 1. The van der Waals surface area contributed by atoms with E-state index in [0.29, 0.717) is 23.5 Å². The average Bonchev–Trinajstić information content (AvgIpc) is 2.97. The summed E-state index contributed by atoms with van der Waals surface area (Å²) in [6, 6.07) is 12.6. The highest BCUT2D eigenvalue weighted by Gasteiger charge is 2.21. The van der Waals surface area contributed by atoms with Crippen molar-refractivity contribution < 1.29 is 23.1 Å². The van der Waals surface area contributed by atoms with Crippen LogP contribution in [0.1, 0.15) is 27.3 Å². The zero-order valence-electron chi connectivity index (χ0n) is 15.9. The molecule has 0 spiro atoms. The van der Waals surface area contributed by atoms with Gasteiger partial charge in [0, 0.05) is 11.8 Å². The summed E-state index contributed by atoms with van der Waals surface area (Å²) in [6.07, 6.45) is 0. The minimum absolute atomic E-state index is 0.0630. The lowest BCUT2D eigenvalue weighted by Crippen LogP contribution is -2.21. The van der Waals surface area contributed by atoms with E-state index in [1.165, 1.54) is 6.07 Å². The number of rotatable bonds is 6. The minimum Gasteiger partial charge on any atom is -0.452 e. The van der Waals surface area contributed by atoms with Crippen molar-refractivity contribution in [2.24, 2.45) is 0 Å². The van der Waals surface area contributed by atoms with Crippen LogP contribution < -0.4 is 5.32 Å². The van der Waals surface area contributed by atoms with Crippen LogP contribution >= 0.6 is 0 Å². The van der Waals surface area contributed by atoms with Crippen LogP contribution in [0.15, 0.2) is 48.5 Å². The van der Waals surface area contributed by atoms with Crippen molar-refractivity contribution in [1.82, 2.24) is 9.78 Å². The number of anilines is 1. The van der Waals surface area contributed by atoms with Gasteiger partial charge in [-0.05, 0) is 31.5 Å². The van der Waals surface area contributed by atoms with E-state index in [0.717, 1.165) is 17.7 Å². The van der Waals surface area contributed by atoms with Crippen molar-refractivity contribution in [1.29, 1.82) is 0 Å². The second-order valence-electron chi connectivity index (χ2n) is 6.44. The summed E-state index contributed by atoms with van der Waals surface area (Å²) in [4.78, 5) is 24.4. The lowest BCUT2D eigenvalue weighted by atomic mass is 10.2. The lowest BCUT2D eigenvalue weighted by molar-refractivity contribution is -0.119. The lowest BCUT2D eigenvalue weighted by Gasteiger charge is -2.08. The fourth-order valence-corrected chi connectivity index (χ4v) is 2.88. The third-order valence-electron chi connectivity index (χ3n) is 4.30. The van der Waals surface area contributed by atoms with E-state index in [2.05, 4.69) is 10.4 Å². The number of nitrogens with zero attached hydrogens (tertiary/aromatic N) is 2. The van der Waals surface area contributed by atoms with Crippen LogP contribution in [0.3, 0.4) is 0 Å². The van der Waals surface area contributed by atoms with Gasteiger partial charge in [0.1, 0.15) is 5.56 Å². The molecule has 0 atom stereocenters. The highest BCUT2D eigenvalue weighted by atomic mass is 19.2. The van der Waals surface area contributed by atoms with E-state index in [9.17, 15) is 18.4 Å². The molecule has 1 amide bonds. The van der Waals surface area contributed by atoms with Gasteiger partial charge >= 0.3 is 5.97 Å². The molecule has 0 aliphatic heterocycles. The van der Waals surface area contributed by atoms with Crippen molar-refractivity contribution >= 4 is 17.6 Å². The average molecular weight is 399 g/mol. The highest BCUT2D eigenvalue weighted by molar-refractivity contribution is 5.96. The molecule has 0 aliphatic rings. The van der Waals surface area contributed by atoms with Crippen molar-refractivity contribution in [3.63, 3.8) is 0 Å². The topological polar surface area (TPSA) is 73.2 Å². The largest absolute Gasteiger partial charge is 0.452 e. The number of aryl methyl sites for hydroxylation is 1. The number of carbonyl (C=O) groups excluding carboxylic acids is 2. The standard InChI is InChI=1S/C21H19F2N3O3/c1-13-20(14(2)26(25-13)11-15-6-4-3-5-7-15)21(28)29-12-19(27)24-16-8-9-17(22)18(23)10-16/h3-10H,11-12H2,1-2H3,(H,24,27). The Morgan fingerprint density at radius 3 is 2.48 bits per heavy atom. The molecule has 0 saturated carbocycles. The second kappa shape index (κ2) is 8.64. The molecule has 150 valence electrons. The normalized spacial score (nSPS) is 10.6. The van der Waals surface area contributed by atoms with Crippen LogP contribution in [0.2, 0.25) is 0 Å². The van der Waals surface area contributed by atoms with E-state index >= 15 is 0 Å². The van der Waals surface area contributed by atoms with Gasteiger partial charge in [0.05, 0.1) is 17.9 Å². The Morgan fingerprint density at radius 1 is 1.07 bits per heavy atom. The summed E-state index contributed by atoms with van der Waals surface area (Å²) in [5.41, 5.74) is 2.50. The Kier molecular flexibility index (Phi) is 6.01. The Labute approximate surface area is 166 Å². The summed E-state index contributed by atoms with van der Waals surface area (Å²) in [5, 5.41) is 6.72. The van der Waals surface area contributed by atoms with Crippen LogP contribution in [-0.4, -0.2) is 28.3 Å². The Bertz CT molecular complexity index is 1050. The molecule has 3 rings (SSSR count). The minimum atomic E-state index is -1.09. The third-order valence-corrected chi connectivity index (χ3v) is 4.30. The molecule has 0 radical (unpaired) electrons. The summed E-state index contributed by atoms with van der Waals surface area (Å²) in [6.45, 7) is 3.37. The van der Waals surface area contributed by atoms with Gasteiger partial charge in [0.2, 0.25) is 0 Å². The summed E-state index contributed by atoms with van der Waals surface area (Å²) in [5.74, 6) is -3.46. The fourth-order valence-electron chi connectivity index (χ4n) is 2.88. The first-order valence-electron chi connectivity index (χ1n) is 8.85. The number of benzene rings is 2. The summed E-state index contributed by atoms with van der Waals surface area (Å²) >= 11 is 0. The van der Waals surface area contributed by atoms with Gasteiger partial charge in [-0.3, -0.25) is 9.48 Å². The molecule has 1 heterocycles. The van der Waals surface area contributed by atoms with Gasteiger partial charge in [-0.25, -0.2) is 13.6 Å². The number of carbonyl (C=O) groups is 2. The number of halogens is 2. The Hall–Kier alpha value is -3.55. The molecule has 0 aliphatic carbocycles. The molecular formula is C21H19F2N3O3. The highest BCUT2D eigenvalue weighted by Crippen LogP contribution is 2.17. The molecule has 6 nitrogen and oxygen atoms in total. The number of amides is 1. The number of hydrogen-bond donors (Lipinski definition) is 1. The van der Waals surface area contributed by atoms with Crippen LogP contribution in [0.5, 0.6) is 0 Å². The van der Waals surface area contributed by atoms with Gasteiger partial charge in [-0.1, -0.05) is 30.3 Å². The van der Waals surface area contributed by atoms with Crippen LogP contribution in [0.4, 0.5) is 14.5 Å². The van der Waals surface area contributed by atoms with Crippen molar-refractivity contribution in [3.8, 4) is 0 Å². The molecule has 0 saturated heterocycles. The van der Waals surface area contributed by atoms with E-state index < -0.39 is 30.1 Å². The van der Waals surface area contributed by atoms with Crippen molar-refractivity contribution in [2.45, 2.75) is 20.4 Å². The number of aromatic nitrogens is 2. The molecule has 29 heavy (non-hydrogen) atoms. The molecule has 8 heteroatoms. The van der Waals surface area contributed by atoms with E-state index in [1.807, 2.05) is 30.3 Å². The molecule has 0 fully saturated rings. The molecule has 0 unspecified atom stereocenters. The first-order valence-corrected chi connectivity index (χ1v) is 8.85. The van der Waals surface area contributed by atoms with Gasteiger partial charge in [-0.2, -0.15) is 5.10 Å². The zero-order valence-corrected chi connectivity index (χ0v) is 15.9. The van der Waals surface area contributed by atoms with E-state index in [-0.39, 0.29) is 5.69 Å². The SMILES string of the molecule is Cc1nn(Cc2ccccc2)c(C)c1C(=O)OCC(=O)Nc1ccc(F)c(F)c1. The Balaban J connectivity index is 1.63. The molecule has 0 bridgehead atoms. The van der Waals surface area contributed by atoms with Gasteiger partial charge in [0.25, 0.3) is 5.91 Å². The quantitative estimate of drug-likeness (QED) is 0.643. The third kappa shape index (κ3) is 4.84. The van der Waals surface area contributed by atoms with Gasteiger partial charge in [-0.15, -0.1) is 0 Å². The number of hydrogen-bond acceptors (Lipinski definition) is 4. The monoisotopic (exact) mass is 399 g/mol. The molecular weight excluding hydrogens is 380 g/mol.